The second-order valence-electron chi connectivity index (χ2n) is 6.34. The number of aryl methyl sites for hydroxylation is 1. The van der Waals surface area contributed by atoms with Crippen molar-refractivity contribution in [1.29, 1.82) is 0 Å². The number of carbonyl (C=O) groups is 1. The van der Waals surface area contributed by atoms with Gasteiger partial charge in [0.2, 0.25) is 5.91 Å². The van der Waals surface area contributed by atoms with Crippen LogP contribution in [0.25, 0.3) is 0 Å². The molecule has 3 heteroatoms. The first-order valence-electron chi connectivity index (χ1n) is 7.70. The van der Waals surface area contributed by atoms with Crippen molar-refractivity contribution in [3.05, 3.63) is 35.4 Å². The van der Waals surface area contributed by atoms with E-state index in [1.165, 1.54) is 11.1 Å². The fraction of sp³-hybridized carbons (Fsp3) is 0.588. The fourth-order valence-corrected chi connectivity index (χ4v) is 3.35. The maximum Gasteiger partial charge on any atom is 0.227 e. The van der Waals surface area contributed by atoms with Gasteiger partial charge in [-0.25, -0.2) is 0 Å². The lowest BCUT2D eigenvalue weighted by atomic mass is 9.82. The number of aliphatic hydroxyl groups excluding tert-OH is 1. The molecule has 0 heterocycles. The molecule has 0 bridgehead atoms. The van der Waals surface area contributed by atoms with Gasteiger partial charge in [0.15, 0.2) is 0 Å². The zero-order chi connectivity index (χ0) is 14.0. The summed E-state index contributed by atoms with van der Waals surface area (Å²) in [4.78, 5) is 12.5. The summed E-state index contributed by atoms with van der Waals surface area (Å²) in [6.45, 7) is 0.952. The molecular formula is C17H23NO2. The van der Waals surface area contributed by atoms with E-state index >= 15 is 0 Å². The number of aliphatic hydroxyl groups is 1. The molecule has 1 atom stereocenters. The van der Waals surface area contributed by atoms with Gasteiger partial charge in [-0.05, 0) is 55.1 Å². The van der Waals surface area contributed by atoms with Gasteiger partial charge < -0.3 is 10.4 Å². The second kappa shape index (κ2) is 5.57. The number of hydrogen-bond donors (Lipinski definition) is 2. The van der Waals surface area contributed by atoms with Gasteiger partial charge in [-0.3, -0.25) is 4.79 Å². The van der Waals surface area contributed by atoms with Crippen LogP contribution in [-0.4, -0.2) is 24.2 Å². The van der Waals surface area contributed by atoms with Gasteiger partial charge in [0.1, 0.15) is 0 Å². The highest BCUT2D eigenvalue weighted by atomic mass is 16.3. The van der Waals surface area contributed by atoms with Crippen LogP contribution in [0.3, 0.4) is 0 Å². The Bertz CT molecular complexity index is 494. The molecule has 0 spiro atoms. The molecule has 2 aliphatic carbocycles. The average Bonchev–Trinajstić information content (AvgIpc) is 3.25. The predicted octanol–water partition coefficient (Wildman–Crippen LogP) is 2.39. The third kappa shape index (κ3) is 2.73. The molecule has 20 heavy (non-hydrogen) atoms. The van der Waals surface area contributed by atoms with Crippen molar-refractivity contribution >= 4 is 5.91 Å². The van der Waals surface area contributed by atoms with Crippen molar-refractivity contribution < 1.29 is 9.90 Å². The Kier molecular flexibility index (Phi) is 3.79. The second-order valence-corrected chi connectivity index (χ2v) is 6.34. The van der Waals surface area contributed by atoms with Crippen molar-refractivity contribution in [1.82, 2.24) is 5.32 Å². The van der Waals surface area contributed by atoms with Crippen LogP contribution in [0.15, 0.2) is 24.3 Å². The minimum atomic E-state index is 0.0184. The van der Waals surface area contributed by atoms with Crippen molar-refractivity contribution in [2.45, 2.75) is 44.4 Å². The molecule has 0 saturated heterocycles. The first kappa shape index (κ1) is 13.6. The van der Waals surface area contributed by atoms with Gasteiger partial charge in [-0.15, -0.1) is 0 Å². The van der Waals surface area contributed by atoms with Crippen LogP contribution in [0.1, 0.15) is 49.1 Å². The highest BCUT2D eigenvalue weighted by molar-refractivity contribution is 5.84. The highest BCUT2D eigenvalue weighted by Gasteiger charge is 2.42. The summed E-state index contributed by atoms with van der Waals surface area (Å²) in [5.41, 5.74) is 2.73. The number of fused-ring (bicyclic) bond motifs is 1. The molecule has 1 aromatic carbocycles. The Labute approximate surface area is 120 Å². The van der Waals surface area contributed by atoms with E-state index in [1.807, 2.05) is 6.07 Å². The molecule has 2 aliphatic rings. The van der Waals surface area contributed by atoms with Crippen molar-refractivity contribution in [2.24, 2.45) is 5.41 Å². The van der Waals surface area contributed by atoms with E-state index in [1.54, 1.807) is 0 Å². The number of rotatable bonds is 5. The van der Waals surface area contributed by atoms with Gasteiger partial charge in [0, 0.05) is 13.2 Å². The molecule has 1 unspecified atom stereocenters. The molecule has 3 nitrogen and oxygen atoms in total. The zero-order valence-corrected chi connectivity index (χ0v) is 11.9. The van der Waals surface area contributed by atoms with Gasteiger partial charge in [0.25, 0.3) is 0 Å². The van der Waals surface area contributed by atoms with Gasteiger partial charge in [-0.2, -0.15) is 0 Å². The molecule has 1 aromatic rings. The van der Waals surface area contributed by atoms with Crippen molar-refractivity contribution in [3.63, 3.8) is 0 Å². The molecule has 1 fully saturated rings. The topological polar surface area (TPSA) is 49.3 Å². The number of nitrogens with one attached hydrogen (secondary N) is 1. The predicted molar refractivity (Wildman–Crippen MR) is 78.5 cm³/mol. The van der Waals surface area contributed by atoms with E-state index in [4.69, 9.17) is 5.11 Å². The normalized spacial score (nSPS) is 22.9. The molecule has 108 valence electrons. The molecule has 3 rings (SSSR count). The first-order valence-corrected chi connectivity index (χ1v) is 7.70. The van der Waals surface area contributed by atoms with Crippen molar-refractivity contribution in [3.8, 4) is 0 Å². The van der Waals surface area contributed by atoms with E-state index in [0.717, 1.165) is 45.1 Å². The Morgan fingerprint density at radius 1 is 1.35 bits per heavy atom. The molecular weight excluding hydrogens is 250 g/mol. The molecule has 0 aromatic heterocycles. The minimum absolute atomic E-state index is 0.0184. The van der Waals surface area contributed by atoms with E-state index in [-0.39, 0.29) is 23.8 Å². The van der Waals surface area contributed by atoms with Gasteiger partial charge >= 0.3 is 0 Å². The monoisotopic (exact) mass is 273 g/mol. The number of carbonyl (C=O) groups excluding carboxylic acids is 1. The van der Waals surface area contributed by atoms with Crippen LogP contribution >= 0.6 is 0 Å². The quantitative estimate of drug-likeness (QED) is 0.865. The SMILES string of the molecule is O=C(NCC1(CCO)CC1)C1CCCc2ccccc21. The standard InChI is InChI=1S/C17H23NO2/c19-11-10-17(8-9-17)12-18-16(20)15-7-3-5-13-4-1-2-6-14(13)15/h1-2,4,6,15,19H,3,5,7-12H2,(H,18,20). The lowest BCUT2D eigenvalue weighted by molar-refractivity contribution is -0.123. The van der Waals surface area contributed by atoms with Crippen LogP contribution in [0.2, 0.25) is 0 Å². The average molecular weight is 273 g/mol. The summed E-state index contributed by atoms with van der Waals surface area (Å²) in [7, 11) is 0. The van der Waals surface area contributed by atoms with Crippen molar-refractivity contribution in [2.75, 3.05) is 13.2 Å². The maximum absolute atomic E-state index is 12.5. The Morgan fingerprint density at radius 2 is 2.15 bits per heavy atom. The van der Waals surface area contributed by atoms with Crippen LogP contribution in [-0.2, 0) is 11.2 Å². The van der Waals surface area contributed by atoms with Crippen LogP contribution in [0, 0.1) is 5.41 Å². The van der Waals surface area contributed by atoms with Gasteiger partial charge in [0.05, 0.1) is 5.92 Å². The van der Waals surface area contributed by atoms with E-state index in [0.29, 0.717) is 0 Å². The summed E-state index contributed by atoms with van der Waals surface area (Å²) in [6, 6.07) is 8.32. The Morgan fingerprint density at radius 3 is 2.90 bits per heavy atom. The van der Waals surface area contributed by atoms with Crippen LogP contribution < -0.4 is 5.32 Å². The third-order valence-corrected chi connectivity index (χ3v) is 4.92. The molecule has 2 N–H and O–H groups in total. The summed E-state index contributed by atoms with van der Waals surface area (Å²) >= 11 is 0. The lowest BCUT2D eigenvalue weighted by Gasteiger charge is -2.25. The number of hydrogen-bond acceptors (Lipinski definition) is 2. The minimum Gasteiger partial charge on any atom is -0.396 e. The number of amides is 1. The third-order valence-electron chi connectivity index (χ3n) is 4.92. The zero-order valence-electron chi connectivity index (χ0n) is 11.9. The van der Waals surface area contributed by atoms with E-state index in [9.17, 15) is 4.79 Å². The number of benzene rings is 1. The summed E-state index contributed by atoms with van der Waals surface area (Å²) in [5, 5.41) is 12.2. The maximum atomic E-state index is 12.5. The van der Waals surface area contributed by atoms with Crippen LogP contribution in [0.4, 0.5) is 0 Å². The van der Waals surface area contributed by atoms with E-state index < -0.39 is 0 Å². The van der Waals surface area contributed by atoms with E-state index in [2.05, 4.69) is 23.5 Å². The first-order chi connectivity index (χ1) is 9.74. The Balaban J connectivity index is 1.64. The molecule has 0 radical (unpaired) electrons. The smallest absolute Gasteiger partial charge is 0.227 e. The summed E-state index contributed by atoms with van der Waals surface area (Å²) < 4.78 is 0. The summed E-state index contributed by atoms with van der Waals surface area (Å²) in [6.07, 6.45) is 6.22. The Hall–Kier alpha value is -1.35. The van der Waals surface area contributed by atoms with Gasteiger partial charge in [-0.1, -0.05) is 24.3 Å². The molecule has 0 aliphatic heterocycles. The molecule has 1 amide bonds. The highest BCUT2D eigenvalue weighted by Crippen LogP contribution is 2.48. The largest absolute Gasteiger partial charge is 0.396 e. The lowest BCUT2D eigenvalue weighted by Crippen LogP contribution is -2.35. The summed E-state index contributed by atoms with van der Waals surface area (Å²) in [5.74, 6) is 0.186. The van der Waals surface area contributed by atoms with Crippen LogP contribution in [0.5, 0.6) is 0 Å². The molecule has 1 saturated carbocycles. The fourth-order valence-electron chi connectivity index (χ4n) is 3.35.